The lowest BCUT2D eigenvalue weighted by atomic mass is 10.0. The Morgan fingerprint density at radius 1 is 1.14 bits per heavy atom. The molecular weight excluding hydrogens is 366 g/mol. The maximum atomic E-state index is 13.2. The second kappa shape index (κ2) is 8.13. The Balaban J connectivity index is 1.65. The Kier molecular flexibility index (Phi) is 5.40. The number of hydrogen-bond acceptors (Lipinski definition) is 5. The minimum Gasteiger partial charge on any atom is -0.377 e. The largest absolute Gasteiger partial charge is 0.377 e. The normalized spacial score (nSPS) is 16.8. The highest BCUT2D eigenvalue weighted by Crippen LogP contribution is 2.30. The van der Waals surface area contributed by atoms with Gasteiger partial charge in [-0.15, -0.1) is 0 Å². The Morgan fingerprint density at radius 2 is 1.93 bits per heavy atom. The van der Waals surface area contributed by atoms with Gasteiger partial charge < -0.3 is 9.64 Å². The average molecular weight is 391 g/mol. The molecule has 0 spiro atoms. The van der Waals surface area contributed by atoms with E-state index in [-0.39, 0.29) is 11.9 Å². The molecule has 0 bridgehead atoms. The lowest BCUT2D eigenvalue weighted by Crippen LogP contribution is -2.44. The van der Waals surface area contributed by atoms with Gasteiger partial charge in [0, 0.05) is 24.0 Å². The summed E-state index contributed by atoms with van der Waals surface area (Å²) in [6.07, 6.45) is 3.17. The van der Waals surface area contributed by atoms with Gasteiger partial charge in [0.1, 0.15) is 5.69 Å². The first-order chi connectivity index (χ1) is 14.0. The number of rotatable bonds is 4. The summed E-state index contributed by atoms with van der Waals surface area (Å²) in [5.41, 5.74) is 5.35. The van der Waals surface area contributed by atoms with E-state index in [9.17, 15) is 4.79 Å². The molecule has 0 aliphatic carbocycles. The third-order valence-electron chi connectivity index (χ3n) is 5.34. The number of carbonyl (C=O) groups excluding carboxylic acids is 1. The average Bonchev–Trinajstić information content (AvgIpc) is 3.01. The van der Waals surface area contributed by atoms with Crippen molar-refractivity contribution in [2.75, 3.05) is 19.8 Å². The Labute approximate surface area is 170 Å². The fourth-order valence-electron chi connectivity index (χ4n) is 3.84. The summed E-state index contributed by atoms with van der Waals surface area (Å²) in [4.78, 5) is 23.5. The van der Waals surface area contributed by atoms with E-state index in [1.807, 2.05) is 41.6 Å². The summed E-state index contributed by atoms with van der Waals surface area (Å²) in [5, 5.41) is 4.75. The summed E-state index contributed by atoms with van der Waals surface area (Å²) in [6.45, 7) is 8.07. The van der Waals surface area contributed by atoms with Crippen molar-refractivity contribution >= 4 is 5.91 Å². The van der Waals surface area contributed by atoms with Crippen LogP contribution in [0.4, 0.5) is 0 Å². The Bertz CT molecular complexity index is 998. The third-order valence-corrected chi connectivity index (χ3v) is 5.34. The molecule has 1 atom stereocenters. The molecule has 1 fully saturated rings. The second-order valence-electron chi connectivity index (χ2n) is 7.36. The van der Waals surface area contributed by atoms with Gasteiger partial charge in [0.05, 0.1) is 43.4 Å². The highest BCUT2D eigenvalue weighted by Gasteiger charge is 2.33. The van der Waals surface area contributed by atoms with Crippen LogP contribution < -0.4 is 0 Å². The number of carbonyl (C=O) groups is 1. The van der Waals surface area contributed by atoms with Gasteiger partial charge in [0.2, 0.25) is 0 Å². The van der Waals surface area contributed by atoms with E-state index in [0.717, 1.165) is 22.6 Å². The molecule has 1 amide bonds. The molecule has 1 saturated heterocycles. The van der Waals surface area contributed by atoms with Crippen molar-refractivity contribution in [3.8, 4) is 0 Å². The number of ether oxygens (including phenoxy) is 1. The van der Waals surface area contributed by atoms with E-state index in [1.54, 1.807) is 12.4 Å². The zero-order chi connectivity index (χ0) is 20.4. The van der Waals surface area contributed by atoms with Gasteiger partial charge in [0.15, 0.2) is 0 Å². The summed E-state index contributed by atoms with van der Waals surface area (Å²) in [6, 6.07) is 10.0. The van der Waals surface area contributed by atoms with Crippen LogP contribution in [0.1, 0.15) is 44.7 Å². The fraction of sp³-hybridized carbons (Fsp3) is 0.364. The number of hydrogen-bond donors (Lipinski definition) is 0. The Hall–Kier alpha value is -3.06. The number of amides is 1. The van der Waals surface area contributed by atoms with Crippen LogP contribution in [0.3, 0.4) is 0 Å². The van der Waals surface area contributed by atoms with Crippen LogP contribution in [-0.2, 0) is 11.3 Å². The molecule has 1 aliphatic rings. The molecule has 1 aliphatic heterocycles. The Morgan fingerprint density at radius 3 is 2.66 bits per heavy atom. The van der Waals surface area contributed by atoms with Gasteiger partial charge >= 0.3 is 0 Å². The van der Waals surface area contributed by atoms with Crippen molar-refractivity contribution in [1.29, 1.82) is 0 Å². The molecule has 150 valence electrons. The van der Waals surface area contributed by atoms with Gasteiger partial charge in [-0.2, -0.15) is 5.10 Å². The second-order valence-corrected chi connectivity index (χ2v) is 7.36. The van der Waals surface area contributed by atoms with Gasteiger partial charge in [-0.1, -0.05) is 30.3 Å². The third kappa shape index (κ3) is 3.91. The lowest BCUT2D eigenvalue weighted by Gasteiger charge is -2.35. The number of benzene rings is 1. The first kappa shape index (κ1) is 19.3. The smallest absolute Gasteiger partial charge is 0.274 e. The molecule has 4 rings (SSSR count). The highest BCUT2D eigenvalue weighted by molar-refractivity contribution is 5.92. The molecule has 7 nitrogen and oxygen atoms in total. The van der Waals surface area contributed by atoms with Gasteiger partial charge in [0.25, 0.3) is 5.91 Å². The van der Waals surface area contributed by atoms with E-state index in [0.29, 0.717) is 32.0 Å². The van der Waals surface area contributed by atoms with E-state index < -0.39 is 0 Å². The molecule has 0 unspecified atom stereocenters. The van der Waals surface area contributed by atoms with Crippen LogP contribution in [0.25, 0.3) is 0 Å². The van der Waals surface area contributed by atoms with Crippen LogP contribution in [0, 0.1) is 20.8 Å². The monoisotopic (exact) mass is 391 g/mol. The maximum absolute atomic E-state index is 13.2. The van der Waals surface area contributed by atoms with Crippen molar-refractivity contribution in [1.82, 2.24) is 24.6 Å². The van der Waals surface area contributed by atoms with Crippen molar-refractivity contribution < 1.29 is 9.53 Å². The van der Waals surface area contributed by atoms with Crippen molar-refractivity contribution in [2.45, 2.75) is 33.4 Å². The summed E-state index contributed by atoms with van der Waals surface area (Å²) >= 11 is 0. The molecule has 0 N–H and O–H groups in total. The van der Waals surface area contributed by atoms with E-state index in [1.165, 1.54) is 5.56 Å². The number of aromatic nitrogens is 4. The standard InChI is InChI=1S/C22H25N5O2/c1-15-11-24-19(12-23-15)22(28)26-9-10-29-14-20(26)21-16(2)25-27(17(21)3)13-18-7-5-4-6-8-18/h4-8,11-12,20H,9-10,13-14H2,1-3H3/t20-/m1/s1. The minimum absolute atomic E-state index is 0.125. The number of morpholine rings is 1. The molecule has 3 aromatic rings. The molecule has 7 heteroatoms. The van der Waals surface area contributed by atoms with E-state index in [2.05, 4.69) is 29.0 Å². The molecular formula is C22H25N5O2. The molecule has 0 radical (unpaired) electrons. The maximum Gasteiger partial charge on any atom is 0.274 e. The molecule has 2 aromatic heterocycles. The zero-order valence-corrected chi connectivity index (χ0v) is 17.0. The molecule has 3 heterocycles. The first-order valence-electron chi connectivity index (χ1n) is 9.80. The SMILES string of the molecule is Cc1cnc(C(=O)N2CCOC[C@@H]2c2c(C)nn(Cc3ccccc3)c2C)cn1. The predicted molar refractivity (Wildman–Crippen MR) is 109 cm³/mol. The molecule has 1 aromatic carbocycles. The number of nitrogens with zero attached hydrogens (tertiary/aromatic N) is 5. The van der Waals surface area contributed by atoms with Crippen molar-refractivity contribution in [3.63, 3.8) is 0 Å². The van der Waals surface area contributed by atoms with Crippen molar-refractivity contribution in [2.24, 2.45) is 0 Å². The van der Waals surface area contributed by atoms with Gasteiger partial charge in [-0.25, -0.2) is 4.98 Å². The van der Waals surface area contributed by atoms with Crippen LogP contribution in [0.5, 0.6) is 0 Å². The minimum atomic E-state index is -0.191. The van der Waals surface area contributed by atoms with E-state index >= 15 is 0 Å². The zero-order valence-electron chi connectivity index (χ0n) is 17.0. The van der Waals surface area contributed by atoms with Crippen LogP contribution in [-0.4, -0.2) is 50.3 Å². The molecule has 29 heavy (non-hydrogen) atoms. The highest BCUT2D eigenvalue weighted by atomic mass is 16.5. The number of aryl methyl sites for hydroxylation is 2. The quantitative estimate of drug-likeness (QED) is 0.684. The van der Waals surface area contributed by atoms with Gasteiger partial charge in [-0.05, 0) is 26.3 Å². The van der Waals surface area contributed by atoms with Crippen LogP contribution in [0.15, 0.2) is 42.7 Å². The molecule has 0 saturated carbocycles. The summed E-state index contributed by atoms with van der Waals surface area (Å²) < 4.78 is 7.75. The predicted octanol–water partition coefficient (Wildman–Crippen LogP) is 2.86. The fourth-order valence-corrected chi connectivity index (χ4v) is 3.84. The first-order valence-corrected chi connectivity index (χ1v) is 9.80. The lowest BCUT2D eigenvalue weighted by molar-refractivity contribution is -0.00339. The van der Waals surface area contributed by atoms with E-state index in [4.69, 9.17) is 9.84 Å². The van der Waals surface area contributed by atoms with Crippen molar-refractivity contribution in [3.05, 3.63) is 76.6 Å². The summed E-state index contributed by atoms with van der Waals surface area (Å²) in [5.74, 6) is -0.125. The summed E-state index contributed by atoms with van der Waals surface area (Å²) in [7, 11) is 0. The topological polar surface area (TPSA) is 73.1 Å². The van der Waals surface area contributed by atoms with Crippen LogP contribution >= 0.6 is 0 Å². The van der Waals surface area contributed by atoms with Gasteiger partial charge in [-0.3, -0.25) is 14.5 Å². The van der Waals surface area contributed by atoms with Crippen LogP contribution in [0.2, 0.25) is 0 Å².